The molecule has 0 atom stereocenters. The lowest BCUT2D eigenvalue weighted by Crippen LogP contribution is -2.18. The lowest BCUT2D eigenvalue weighted by atomic mass is 10.1. The molecule has 0 aliphatic carbocycles. The predicted octanol–water partition coefficient (Wildman–Crippen LogP) is 2.23. The van der Waals surface area contributed by atoms with Crippen LogP contribution in [0.4, 0.5) is 13.2 Å². The van der Waals surface area contributed by atoms with Gasteiger partial charge in [0.1, 0.15) is 7.11 Å². The number of ether oxygens (including phenoxy) is 1. The second kappa shape index (κ2) is 5.52. The Bertz CT molecular complexity index is 452. The van der Waals surface area contributed by atoms with E-state index in [1.165, 1.54) is 7.11 Å². The first-order valence-electron chi connectivity index (χ1n) is 4.77. The van der Waals surface area contributed by atoms with Crippen LogP contribution in [0.2, 0.25) is 0 Å². The van der Waals surface area contributed by atoms with Crippen LogP contribution in [0.15, 0.2) is 29.4 Å². The van der Waals surface area contributed by atoms with E-state index >= 15 is 0 Å². The van der Waals surface area contributed by atoms with Crippen LogP contribution in [-0.4, -0.2) is 25.9 Å². The van der Waals surface area contributed by atoms with Gasteiger partial charge >= 0.3 is 12.1 Å². The van der Waals surface area contributed by atoms with Crippen molar-refractivity contribution in [1.29, 1.82) is 0 Å². The number of esters is 1. The smallest absolute Gasteiger partial charge is 0.416 e. The third-order valence-corrected chi connectivity index (χ3v) is 2.05. The second-order valence-corrected chi connectivity index (χ2v) is 3.19. The number of hydrogen-bond acceptors (Lipinski definition) is 4. The van der Waals surface area contributed by atoms with E-state index in [1.54, 1.807) is 0 Å². The van der Waals surface area contributed by atoms with E-state index in [0.717, 1.165) is 31.4 Å². The summed E-state index contributed by atoms with van der Waals surface area (Å²) >= 11 is 0. The van der Waals surface area contributed by atoms with Gasteiger partial charge in [0, 0.05) is 5.56 Å². The molecule has 0 amide bonds. The average molecular weight is 261 g/mol. The fraction of sp³-hybridized carbons (Fsp3) is 0.273. The predicted molar refractivity (Wildman–Crippen MR) is 57.0 cm³/mol. The molecule has 1 rings (SSSR count). The molecule has 1 aromatic carbocycles. The molecule has 4 nitrogen and oxygen atoms in total. The fourth-order valence-electron chi connectivity index (χ4n) is 1.21. The molecular weight excluding hydrogens is 251 g/mol. The summed E-state index contributed by atoms with van der Waals surface area (Å²) in [7, 11) is 2.35. The Morgan fingerprint density at radius 3 is 2.11 bits per heavy atom. The highest BCUT2D eigenvalue weighted by Gasteiger charge is 2.30. The van der Waals surface area contributed by atoms with Crippen LogP contribution in [0.1, 0.15) is 11.1 Å². The largest absolute Gasteiger partial charge is 0.464 e. The van der Waals surface area contributed by atoms with E-state index in [9.17, 15) is 18.0 Å². The van der Waals surface area contributed by atoms with Crippen molar-refractivity contribution in [2.45, 2.75) is 6.18 Å². The number of carbonyl (C=O) groups is 1. The van der Waals surface area contributed by atoms with Crippen LogP contribution in [0, 0.1) is 0 Å². The Labute approximate surface area is 101 Å². The summed E-state index contributed by atoms with van der Waals surface area (Å²) in [6, 6.07) is 3.95. The third-order valence-electron chi connectivity index (χ3n) is 2.05. The van der Waals surface area contributed by atoms with E-state index in [2.05, 4.69) is 14.7 Å². The zero-order valence-corrected chi connectivity index (χ0v) is 9.62. The molecule has 98 valence electrons. The number of methoxy groups -OCH3 is 1. The molecule has 0 heterocycles. The summed E-state index contributed by atoms with van der Waals surface area (Å²) in [5.41, 5.74) is -0.835. The Kier molecular flexibility index (Phi) is 4.30. The average Bonchev–Trinajstić information content (AvgIpc) is 2.34. The highest BCUT2D eigenvalue weighted by molar-refractivity contribution is 6.43. The SMILES string of the molecule is CON=C(C(=O)OC)c1ccc(C(F)(F)F)cc1. The van der Waals surface area contributed by atoms with Gasteiger partial charge in [-0.3, -0.25) is 0 Å². The van der Waals surface area contributed by atoms with Gasteiger partial charge in [0.25, 0.3) is 0 Å². The fourth-order valence-corrected chi connectivity index (χ4v) is 1.21. The monoisotopic (exact) mass is 261 g/mol. The second-order valence-electron chi connectivity index (χ2n) is 3.19. The number of nitrogens with zero attached hydrogens (tertiary/aromatic N) is 1. The highest BCUT2D eigenvalue weighted by Crippen LogP contribution is 2.29. The Hall–Kier alpha value is -2.05. The zero-order valence-electron chi connectivity index (χ0n) is 9.62. The number of carbonyl (C=O) groups excluding carboxylic acids is 1. The van der Waals surface area contributed by atoms with Crippen LogP contribution >= 0.6 is 0 Å². The lowest BCUT2D eigenvalue weighted by Gasteiger charge is -2.08. The van der Waals surface area contributed by atoms with Gasteiger partial charge in [-0.15, -0.1) is 0 Å². The Balaban J connectivity index is 3.10. The van der Waals surface area contributed by atoms with Gasteiger partial charge in [0.05, 0.1) is 12.7 Å². The number of halogens is 3. The molecule has 7 heteroatoms. The maximum absolute atomic E-state index is 12.3. The molecule has 0 N–H and O–H groups in total. The molecule has 0 aliphatic rings. The van der Waals surface area contributed by atoms with Gasteiger partial charge in [-0.25, -0.2) is 4.79 Å². The van der Waals surface area contributed by atoms with Crippen LogP contribution < -0.4 is 0 Å². The van der Waals surface area contributed by atoms with E-state index in [1.807, 2.05) is 0 Å². The van der Waals surface area contributed by atoms with E-state index in [4.69, 9.17) is 0 Å². The summed E-state index contributed by atoms with van der Waals surface area (Å²) in [4.78, 5) is 15.8. The number of benzene rings is 1. The van der Waals surface area contributed by atoms with Crippen molar-refractivity contribution in [3.63, 3.8) is 0 Å². The summed E-state index contributed by atoms with van der Waals surface area (Å²) in [5, 5.41) is 3.42. The van der Waals surface area contributed by atoms with Gasteiger partial charge < -0.3 is 9.57 Å². The summed E-state index contributed by atoms with van der Waals surface area (Å²) in [6.07, 6.45) is -4.43. The van der Waals surface area contributed by atoms with Crippen LogP contribution in [-0.2, 0) is 20.5 Å². The Morgan fingerprint density at radius 2 is 1.72 bits per heavy atom. The van der Waals surface area contributed by atoms with Crippen molar-refractivity contribution in [3.8, 4) is 0 Å². The van der Waals surface area contributed by atoms with Crippen molar-refractivity contribution in [2.24, 2.45) is 5.16 Å². The summed E-state index contributed by atoms with van der Waals surface area (Å²) < 4.78 is 41.5. The molecule has 0 aromatic heterocycles. The minimum absolute atomic E-state index is 0.178. The normalized spacial score (nSPS) is 12.2. The maximum atomic E-state index is 12.3. The molecule has 1 aromatic rings. The topological polar surface area (TPSA) is 47.9 Å². The summed E-state index contributed by atoms with van der Waals surface area (Å²) in [5.74, 6) is -0.795. The molecular formula is C11H10F3NO3. The van der Waals surface area contributed by atoms with Crippen molar-refractivity contribution in [3.05, 3.63) is 35.4 Å². The first-order chi connectivity index (χ1) is 8.40. The van der Waals surface area contributed by atoms with E-state index < -0.39 is 17.7 Å². The quantitative estimate of drug-likeness (QED) is 0.476. The number of rotatable bonds is 3. The van der Waals surface area contributed by atoms with Crippen LogP contribution in [0.3, 0.4) is 0 Å². The molecule has 0 unspecified atom stereocenters. The summed E-state index contributed by atoms with van der Waals surface area (Å²) in [6.45, 7) is 0. The van der Waals surface area contributed by atoms with Crippen molar-refractivity contribution in [1.82, 2.24) is 0 Å². The molecule has 0 bridgehead atoms. The van der Waals surface area contributed by atoms with E-state index in [-0.39, 0.29) is 11.3 Å². The minimum atomic E-state index is -4.43. The van der Waals surface area contributed by atoms with E-state index in [0.29, 0.717) is 0 Å². The molecule has 0 fully saturated rings. The van der Waals surface area contributed by atoms with Crippen LogP contribution in [0.25, 0.3) is 0 Å². The van der Waals surface area contributed by atoms with Crippen molar-refractivity contribution < 1.29 is 27.5 Å². The number of hydrogen-bond donors (Lipinski definition) is 0. The standard InChI is InChI=1S/C11H10F3NO3/c1-17-10(16)9(15-18-2)7-3-5-8(6-4-7)11(12,13)14/h3-6H,1-2H3. The first kappa shape index (κ1) is 14.0. The van der Waals surface area contributed by atoms with Gasteiger partial charge in [0.2, 0.25) is 0 Å². The van der Waals surface area contributed by atoms with Crippen molar-refractivity contribution >= 4 is 11.7 Å². The van der Waals surface area contributed by atoms with Crippen molar-refractivity contribution in [2.75, 3.05) is 14.2 Å². The molecule has 0 saturated carbocycles. The molecule has 0 radical (unpaired) electrons. The first-order valence-corrected chi connectivity index (χ1v) is 4.77. The van der Waals surface area contributed by atoms with Gasteiger partial charge in [0.15, 0.2) is 5.71 Å². The molecule has 0 aliphatic heterocycles. The zero-order chi connectivity index (χ0) is 13.8. The maximum Gasteiger partial charge on any atom is 0.416 e. The number of alkyl halides is 3. The third kappa shape index (κ3) is 3.22. The molecule has 0 spiro atoms. The van der Waals surface area contributed by atoms with Gasteiger partial charge in [-0.2, -0.15) is 13.2 Å². The van der Waals surface area contributed by atoms with Crippen LogP contribution in [0.5, 0.6) is 0 Å². The Morgan fingerprint density at radius 1 is 1.17 bits per heavy atom. The number of oxime groups is 1. The molecule has 18 heavy (non-hydrogen) atoms. The molecule has 0 saturated heterocycles. The lowest BCUT2D eigenvalue weighted by molar-refractivity contribution is -0.137. The van der Waals surface area contributed by atoms with Gasteiger partial charge in [-0.05, 0) is 12.1 Å². The highest BCUT2D eigenvalue weighted by atomic mass is 19.4. The minimum Gasteiger partial charge on any atom is -0.464 e. The van der Waals surface area contributed by atoms with Gasteiger partial charge in [-0.1, -0.05) is 17.3 Å².